The van der Waals surface area contributed by atoms with Crippen molar-refractivity contribution in [3.05, 3.63) is 70.6 Å². The molecular weight excluding hydrogens is 363 g/mol. The first kappa shape index (κ1) is 15.7. The molecule has 2 heterocycles. The number of anilines is 1. The van der Waals surface area contributed by atoms with Crippen molar-refractivity contribution in [3.63, 3.8) is 0 Å². The Morgan fingerprint density at radius 1 is 1.08 bits per heavy atom. The standard InChI is InChI=1S/C18H10Cl2N2O3/c19-11-8-13(20)16-14(9-11)22-18(25-16)10-3-1-4-12(7-10)21-17(23)15-5-2-6-24-15/h1-9H,(H,21,23). The monoisotopic (exact) mass is 372 g/mol. The molecule has 0 radical (unpaired) electrons. The van der Waals surface area contributed by atoms with Crippen molar-refractivity contribution in [1.82, 2.24) is 4.98 Å². The van der Waals surface area contributed by atoms with Gasteiger partial charge < -0.3 is 14.2 Å². The van der Waals surface area contributed by atoms with E-state index in [0.717, 1.165) is 0 Å². The smallest absolute Gasteiger partial charge is 0.291 e. The third-order valence-corrected chi connectivity index (χ3v) is 4.02. The normalized spacial score (nSPS) is 11.0. The number of carbonyl (C=O) groups is 1. The van der Waals surface area contributed by atoms with Crippen molar-refractivity contribution in [2.75, 3.05) is 5.32 Å². The fraction of sp³-hybridized carbons (Fsp3) is 0. The van der Waals surface area contributed by atoms with Gasteiger partial charge in [-0.2, -0.15) is 0 Å². The maximum Gasteiger partial charge on any atom is 0.291 e. The number of halogens is 2. The Kier molecular flexibility index (Phi) is 3.95. The van der Waals surface area contributed by atoms with E-state index >= 15 is 0 Å². The van der Waals surface area contributed by atoms with E-state index in [1.54, 1.807) is 42.5 Å². The molecule has 1 N–H and O–H groups in total. The maximum absolute atomic E-state index is 12.1. The minimum Gasteiger partial charge on any atom is -0.459 e. The highest BCUT2D eigenvalue weighted by atomic mass is 35.5. The van der Waals surface area contributed by atoms with Gasteiger partial charge in [-0.1, -0.05) is 29.3 Å². The molecule has 25 heavy (non-hydrogen) atoms. The Labute approximate surface area is 152 Å². The number of hydrogen-bond acceptors (Lipinski definition) is 4. The van der Waals surface area contributed by atoms with Crippen LogP contribution in [0.5, 0.6) is 0 Å². The first-order valence-electron chi connectivity index (χ1n) is 7.31. The summed E-state index contributed by atoms with van der Waals surface area (Å²) in [7, 11) is 0. The molecule has 0 atom stereocenters. The summed E-state index contributed by atoms with van der Waals surface area (Å²) in [5.74, 6) is 0.275. The van der Waals surface area contributed by atoms with Crippen LogP contribution < -0.4 is 5.32 Å². The van der Waals surface area contributed by atoms with Gasteiger partial charge in [0.15, 0.2) is 11.3 Å². The third kappa shape index (κ3) is 3.12. The van der Waals surface area contributed by atoms with Crippen LogP contribution in [-0.2, 0) is 0 Å². The molecule has 0 spiro atoms. The molecular formula is C18H10Cl2N2O3. The number of nitrogens with one attached hydrogen (secondary N) is 1. The van der Waals surface area contributed by atoms with Crippen LogP contribution in [-0.4, -0.2) is 10.9 Å². The molecule has 5 nitrogen and oxygen atoms in total. The van der Waals surface area contributed by atoms with E-state index in [-0.39, 0.29) is 11.7 Å². The highest BCUT2D eigenvalue weighted by molar-refractivity contribution is 6.38. The van der Waals surface area contributed by atoms with E-state index < -0.39 is 0 Å². The van der Waals surface area contributed by atoms with Gasteiger partial charge >= 0.3 is 0 Å². The first-order chi connectivity index (χ1) is 12.1. The Bertz CT molecular complexity index is 1070. The number of benzene rings is 2. The topological polar surface area (TPSA) is 68.3 Å². The number of rotatable bonds is 3. The average Bonchev–Trinajstić information content (AvgIpc) is 3.24. The predicted molar refractivity (Wildman–Crippen MR) is 96.1 cm³/mol. The molecule has 0 aliphatic heterocycles. The molecule has 0 fully saturated rings. The zero-order valence-electron chi connectivity index (χ0n) is 12.6. The molecule has 124 valence electrons. The molecule has 0 saturated heterocycles. The van der Waals surface area contributed by atoms with Crippen LogP contribution in [0.4, 0.5) is 5.69 Å². The summed E-state index contributed by atoms with van der Waals surface area (Å²) in [5, 5.41) is 3.63. The highest BCUT2D eigenvalue weighted by Crippen LogP contribution is 2.32. The van der Waals surface area contributed by atoms with Gasteiger partial charge in [0.2, 0.25) is 5.89 Å². The summed E-state index contributed by atoms with van der Waals surface area (Å²) in [6, 6.07) is 13.6. The molecule has 1 amide bonds. The Morgan fingerprint density at radius 2 is 1.96 bits per heavy atom. The number of nitrogens with zero attached hydrogens (tertiary/aromatic N) is 1. The largest absolute Gasteiger partial charge is 0.459 e. The highest BCUT2D eigenvalue weighted by Gasteiger charge is 2.14. The van der Waals surface area contributed by atoms with Crippen LogP contribution in [0.15, 0.2) is 63.6 Å². The zero-order valence-corrected chi connectivity index (χ0v) is 14.1. The third-order valence-electron chi connectivity index (χ3n) is 3.52. The van der Waals surface area contributed by atoms with Crippen LogP contribution in [0, 0.1) is 0 Å². The van der Waals surface area contributed by atoms with Crippen molar-refractivity contribution in [2.45, 2.75) is 0 Å². The van der Waals surface area contributed by atoms with Crippen LogP contribution >= 0.6 is 23.2 Å². The molecule has 4 rings (SSSR count). The Hall–Kier alpha value is -2.76. The Balaban J connectivity index is 1.67. The minimum atomic E-state index is -0.338. The lowest BCUT2D eigenvalue weighted by Crippen LogP contribution is -2.10. The summed E-state index contributed by atoms with van der Waals surface area (Å²) in [4.78, 5) is 16.5. The van der Waals surface area contributed by atoms with E-state index in [4.69, 9.17) is 32.0 Å². The average molecular weight is 373 g/mol. The van der Waals surface area contributed by atoms with E-state index in [1.165, 1.54) is 6.26 Å². The Morgan fingerprint density at radius 3 is 2.76 bits per heavy atom. The quantitative estimate of drug-likeness (QED) is 0.504. The number of aromatic nitrogens is 1. The fourth-order valence-corrected chi connectivity index (χ4v) is 2.93. The van der Waals surface area contributed by atoms with Gasteiger partial charge in [0.25, 0.3) is 5.91 Å². The number of furan rings is 1. The summed E-state index contributed by atoms with van der Waals surface area (Å²) < 4.78 is 10.8. The predicted octanol–water partition coefficient (Wildman–Crippen LogP) is 5.65. The second-order valence-electron chi connectivity index (χ2n) is 5.27. The van der Waals surface area contributed by atoms with Gasteiger partial charge in [0, 0.05) is 16.3 Å². The lowest BCUT2D eigenvalue weighted by molar-refractivity contribution is 0.0996. The van der Waals surface area contributed by atoms with Gasteiger partial charge in [-0.05, 0) is 42.5 Å². The number of amides is 1. The molecule has 7 heteroatoms. The van der Waals surface area contributed by atoms with Crippen molar-refractivity contribution >= 4 is 45.9 Å². The molecule has 2 aromatic heterocycles. The molecule has 0 bridgehead atoms. The second-order valence-corrected chi connectivity index (χ2v) is 6.11. The SMILES string of the molecule is O=C(Nc1cccc(-c2nc3cc(Cl)cc(Cl)c3o2)c1)c1ccco1. The lowest BCUT2D eigenvalue weighted by Gasteiger charge is -2.04. The fourth-order valence-electron chi connectivity index (χ4n) is 2.41. The number of hydrogen-bond donors (Lipinski definition) is 1. The lowest BCUT2D eigenvalue weighted by atomic mass is 10.2. The maximum atomic E-state index is 12.1. The van der Waals surface area contributed by atoms with Crippen LogP contribution in [0.25, 0.3) is 22.6 Å². The molecule has 0 saturated carbocycles. The molecule has 0 unspecified atom stereocenters. The summed E-state index contributed by atoms with van der Waals surface area (Å²) in [5.41, 5.74) is 2.31. The van der Waals surface area contributed by atoms with Crippen molar-refractivity contribution in [1.29, 1.82) is 0 Å². The van der Waals surface area contributed by atoms with Gasteiger partial charge in [-0.25, -0.2) is 4.98 Å². The molecule has 0 aliphatic carbocycles. The minimum absolute atomic E-state index is 0.230. The van der Waals surface area contributed by atoms with E-state index in [9.17, 15) is 4.79 Å². The number of oxazole rings is 1. The molecule has 4 aromatic rings. The molecule has 2 aromatic carbocycles. The van der Waals surface area contributed by atoms with Crippen LogP contribution in [0.1, 0.15) is 10.6 Å². The van der Waals surface area contributed by atoms with E-state index in [2.05, 4.69) is 10.3 Å². The molecule has 0 aliphatic rings. The number of fused-ring (bicyclic) bond motifs is 1. The van der Waals surface area contributed by atoms with E-state index in [1.807, 2.05) is 6.07 Å². The van der Waals surface area contributed by atoms with Gasteiger partial charge in [0.05, 0.1) is 11.3 Å². The summed E-state index contributed by atoms with van der Waals surface area (Å²) in [6.45, 7) is 0. The van der Waals surface area contributed by atoms with Gasteiger partial charge in [0.1, 0.15) is 5.52 Å². The van der Waals surface area contributed by atoms with Crippen LogP contribution in [0.2, 0.25) is 10.0 Å². The van der Waals surface area contributed by atoms with Gasteiger partial charge in [-0.15, -0.1) is 0 Å². The summed E-state index contributed by atoms with van der Waals surface area (Å²) >= 11 is 12.1. The zero-order chi connectivity index (χ0) is 17.4. The van der Waals surface area contributed by atoms with Crippen molar-refractivity contribution in [3.8, 4) is 11.5 Å². The van der Waals surface area contributed by atoms with Crippen molar-refractivity contribution < 1.29 is 13.6 Å². The second kappa shape index (κ2) is 6.27. The summed E-state index contributed by atoms with van der Waals surface area (Å²) in [6.07, 6.45) is 1.44. The number of carbonyl (C=O) groups excluding carboxylic acids is 1. The first-order valence-corrected chi connectivity index (χ1v) is 8.06. The van der Waals surface area contributed by atoms with E-state index in [0.29, 0.717) is 38.3 Å². The van der Waals surface area contributed by atoms with Crippen molar-refractivity contribution in [2.24, 2.45) is 0 Å². The van der Waals surface area contributed by atoms with Gasteiger partial charge in [-0.3, -0.25) is 4.79 Å². The van der Waals surface area contributed by atoms with Crippen LogP contribution in [0.3, 0.4) is 0 Å².